The van der Waals surface area contributed by atoms with Crippen molar-refractivity contribution in [3.8, 4) is 0 Å². The van der Waals surface area contributed by atoms with Crippen molar-refractivity contribution in [1.29, 1.82) is 0 Å². The number of likely N-dealkylation sites (N-methyl/N-ethyl adjacent to an activating group) is 1. The van der Waals surface area contributed by atoms with Gasteiger partial charge in [0.1, 0.15) is 0 Å². The quantitative estimate of drug-likeness (QED) is 0.697. The molecule has 2 unspecified atom stereocenters. The maximum absolute atomic E-state index is 9.32. The minimum Gasteiger partial charge on any atom is -0.394 e. The summed E-state index contributed by atoms with van der Waals surface area (Å²) in [6.45, 7) is 8.39. The Kier molecular flexibility index (Phi) is 6.41. The molecule has 0 aromatic rings. The molecule has 17 heavy (non-hydrogen) atoms. The molecular weight excluding hydrogens is 216 g/mol. The molecule has 1 aliphatic heterocycles. The maximum atomic E-state index is 9.32. The van der Waals surface area contributed by atoms with Crippen molar-refractivity contribution in [3.63, 3.8) is 0 Å². The highest BCUT2D eigenvalue weighted by atomic mass is 16.5. The molecule has 1 heterocycles. The van der Waals surface area contributed by atoms with Gasteiger partial charge in [-0.2, -0.15) is 0 Å². The molecule has 1 rings (SSSR count). The van der Waals surface area contributed by atoms with Gasteiger partial charge in [0.25, 0.3) is 0 Å². The van der Waals surface area contributed by atoms with Crippen LogP contribution in [-0.4, -0.2) is 61.5 Å². The molecule has 0 amide bonds. The first-order valence-electron chi connectivity index (χ1n) is 6.76. The normalized spacial score (nSPS) is 25.8. The summed E-state index contributed by atoms with van der Waals surface area (Å²) < 4.78 is 5.50. The fourth-order valence-electron chi connectivity index (χ4n) is 2.32. The van der Waals surface area contributed by atoms with Gasteiger partial charge >= 0.3 is 0 Å². The number of rotatable bonds is 7. The average Bonchev–Trinajstić information content (AvgIpc) is 2.39. The molecule has 4 nitrogen and oxygen atoms in total. The van der Waals surface area contributed by atoms with E-state index in [1.54, 1.807) is 0 Å². The summed E-state index contributed by atoms with van der Waals surface area (Å²) in [7, 11) is 1.92. The van der Waals surface area contributed by atoms with Gasteiger partial charge in [-0.25, -0.2) is 0 Å². The SMILES string of the molecule is CCC1COCCN1CCCC(C)(CO)NC. The van der Waals surface area contributed by atoms with Crippen LogP contribution in [0.25, 0.3) is 0 Å². The molecule has 0 bridgehead atoms. The van der Waals surface area contributed by atoms with Crippen LogP contribution in [0.2, 0.25) is 0 Å². The van der Waals surface area contributed by atoms with Crippen LogP contribution >= 0.6 is 0 Å². The molecule has 102 valence electrons. The minimum absolute atomic E-state index is 0.131. The first-order valence-corrected chi connectivity index (χ1v) is 6.76. The van der Waals surface area contributed by atoms with E-state index in [0.717, 1.165) is 45.6 Å². The van der Waals surface area contributed by atoms with Crippen molar-refractivity contribution < 1.29 is 9.84 Å². The fourth-order valence-corrected chi connectivity index (χ4v) is 2.32. The zero-order valence-electron chi connectivity index (χ0n) is 11.5. The Morgan fingerprint density at radius 2 is 2.29 bits per heavy atom. The van der Waals surface area contributed by atoms with Gasteiger partial charge in [-0.15, -0.1) is 0 Å². The standard InChI is InChI=1S/C13H28N2O2/c1-4-12-10-17-9-8-15(12)7-5-6-13(2,11-16)14-3/h12,14,16H,4-11H2,1-3H3. The van der Waals surface area contributed by atoms with E-state index < -0.39 is 0 Å². The van der Waals surface area contributed by atoms with Crippen LogP contribution in [0.1, 0.15) is 33.1 Å². The Morgan fingerprint density at radius 1 is 1.53 bits per heavy atom. The first-order chi connectivity index (χ1) is 8.15. The van der Waals surface area contributed by atoms with Crippen molar-refractivity contribution in [2.75, 3.05) is 40.0 Å². The van der Waals surface area contributed by atoms with Gasteiger partial charge in [0, 0.05) is 18.1 Å². The zero-order chi connectivity index (χ0) is 12.7. The number of aliphatic hydroxyl groups is 1. The average molecular weight is 244 g/mol. The summed E-state index contributed by atoms with van der Waals surface area (Å²) in [4.78, 5) is 2.52. The zero-order valence-corrected chi connectivity index (χ0v) is 11.5. The lowest BCUT2D eigenvalue weighted by Gasteiger charge is -2.36. The third-order valence-electron chi connectivity index (χ3n) is 3.95. The number of morpholine rings is 1. The Labute approximate surface area is 105 Å². The largest absolute Gasteiger partial charge is 0.394 e. The molecule has 4 heteroatoms. The van der Waals surface area contributed by atoms with E-state index >= 15 is 0 Å². The Balaban J connectivity index is 2.29. The van der Waals surface area contributed by atoms with Gasteiger partial charge in [-0.1, -0.05) is 6.92 Å². The second-order valence-corrected chi connectivity index (χ2v) is 5.25. The minimum atomic E-state index is -0.131. The number of nitrogens with zero attached hydrogens (tertiary/aromatic N) is 1. The van der Waals surface area contributed by atoms with Crippen molar-refractivity contribution in [2.45, 2.75) is 44.7 Å². The third-order valence-corrected chi connectivity index (χ3v) is 3.95. The maximum Gasteiger partial charge on any atom is 0.0622 e. The lowest BCUT2D eigenvalue weighted by atomic mass is 9.97. The third kappa shape index (κ3) is 4.54. The van der Waals surface area contributed by atoms with E-state index in [1.807, 2.05) is 7.05 Å². The molecule has 1 fully saturated rings. The molecule has 0 saturated carbocycles. The van der Waals surface area contributed by atoms with E-state index in [0.29, 0.717) is 6.04 Å². The molecule has 1 aliphatic rings. The lowest BCUT2D eigenvalue weighted by Crippen LogP contribution is -2.47. The molecule has 0 aliphatic carbocycles. The van der Waals surface area contributed by atoms with Crippen LogP contribution in [0, 0.1) is 0 Å². The Morgan fingerprint density at radius 3 is 2.88 bits per heavy atom. The highest BCUT2D eigenvalue weighted by Crippen LogP contribution is 2.15. The molecular formula is C13H28N2O2. The van der Waals surface area contributed by atoms with E-state index in [1.165, 1.54) is 0 Å². The van der Waals surface area contributed by atoms with E-state index in [9.17, 15) is 5.11 Å². The molecule has 0 aromatic heterocycles. The number of nitrogens with one attached hydrogen (secondary N) is 1. The molecule has 0 aromatic carbocycles. The molecule has 2 atom stereocenters. The van der Waals surface area contributed by atoms with E-state index in [-0.39, 0.29) is 12.1 Å². The van der Waals surface area contributed by atoms with Gasteiger partial charge < -0.3 is 15.2 Å². The van der Waals surface area contributed by atoms with Gasteiger partial charge in [-0.3, -0.25) is 4.90 Å². The second kappa shape index (κ2) is 7.31. The summed E-state index contributed by atoms with van der Waals surface area (Å²) in [6.07, 6.45) is 3.28. The number of hydrogen-bond donors (Lipinski definition) is 2. The highest BCUT2D eigenvalue weighted by Gasteiger charge is 2.23. The summed E-state index contributed by atoms with van der Waals surface area (Å²) in [5.41, 5.74) is -0.131. The summed E-state index contributed by atoms with van der Waals surface area (Å²) in [5, 5.41) is 12.5. The monoisotopic (exact) mass is 244 g/mol. The van der Waals surface area contributed by atoms with Gasteiger partial charge in [0.15, 0.2) is 0 Å². The molecule has 0 radical (unpaired) electrons. The smallest absolute Gasteiger partial charge is 0.0622 e. The van der Waals surface area contributed by atoms with Crippen molar-refractivity contribution >= 4 is 0 Å². The predicted octanol–water partition coefficient (Wildman–Crippen LogP) is 0.848. The van der Waals surface area contributed by atoms with Gasteiger partial charge in [-0.05, 0) is 39.8 Å². The van der Waals surface area contributed by atoms with Crippen LogP contribution in [0.4, 0.5) is 0 Å². The number of aliphatic hydroxyl groups excluding tert-OH is 1. The van der Waals surface area contributed by atoms with Gasteiger partial charge in [0.2, 0.25) is 0 Å². The molecule has 2 N–H and O–H groups in total. The topological polar surface area (TPSA) is 44.7 Å². The van der Waals surface area contributed by atoms with Crippen LogP contribution in [0.3, 0.4) is 0 Å². The lowest BCUT2D eigenvalue weighted by molar-refractivity contribution is -0.0102. The summed E-state index contributed by atoms with van der Waals surface area (Å²) >= 11 is 0. The fraction of sp³-hybridized carbons (Fsp3) is 1.00. The second-order valence-electron chi connectivity index (χ2n) is 5.25. The van der Waals surface area contributed by atoms with Crippen LogP contribution < -0.4 is 5.32 Å². The van der Waals surface area contributed by atoms with Crippen molar-refractivity contribution in [2.24, 2.45) is 0 Å². The van der Waals surface area contributed by atoms with E-state index in [4.69, 9.17) is 4.74 Å². The summed E-state index contributed by atoms with van der Waals surface area (Å²) in [5.74, 6) is 0. The Hall–Kier alpha value is -0.160. The molecule has 1 saturated heterocycles. The van der Waals surface area contributed by atoms with Crippen LogP contribution in [0.15, 0.2) is 0 Å². The number of hydrogen-bond acceptors (Lipinski definition) is 4. The van der Waals surface area contributed by atoms with E-state index in [2.05, 4.69) is 24.1 Å². The Bertz CT molecular complexity index is 208. The van der Waals surface area contributed by atoms with Crippen molar-refractivity contribution in [1.82, 2.24) is 10.2 Å². The highest BCUT2D eigenvalue weighted by molar-refractivity contribution is 4.82. The molecule has 0 spiro atoms. The van der Waals surface area contributed by atoms with Crippen molar-refractivity contribution in [3.05, 3.63) is 0 Å². The van der Waals surface area contributed by atoms with Gasteiger partial charge in [0.05, 0.1) is 19.8 Å². The number of ether oxygens (including phenoxy) is 1. The summed E-state index contributed by atoms with van der Waals surface area (Å²) in [6, 6.07) is 0.582. The van der Waals surface area contributed by atoms with Crippen LogP contribution in [0.5, 0.6) is 0 Å². The van der Waals surface area contributed by atoms with Crippen LogP contribution in [-0.2, 0) is 4.74 Å². The first kappa shape index (κ1) is 14.9. The predicted molar refractivity (Wildman–Crippen MR) is 70.3 cm³/mol.